The third-order valence-corrected chi connectivity index (χ3v) is 4.70. The van der Waals surface area contributed by atoms with Crippen LogP contribution < -0.4 is 10.6 Å². The molecular formula is C14H27N3O. The molecule has 2 fully saturated rings. The number of carbonyl (C=O) groups excluding carboxylic acids is 1. The van der Waals surface area contributed by atoms with Gasteiger partial charge in [0.05, 0.1) is 0 Å². The van der Waals surface area contributed by atoms with Crippen LogP contribution in [0.3, 0.4) is 0 Å². The van der Waals surface area contributed by atoms with Gasteiger partial charge in [0.25, 0.3) is 0 Å². The normalized spacial score (nSPS) is 38.4. The Morgan fingerprint density at radius 1 is 1.28 bits per heavy atom. The van der Waals surface area contributed by atoms with E-state index in [0.29, 0.717) is 17.9 Å². The molecule has 1 amide bonds. The largest absolute Gasteiger partial charge is 0.358 e. The molecule has 104 valence electrons. The number of nitrogens with one attached hydrogen (secondary N) is 2. The quantitative estimate of drug-likeness (QED) is 0.766. The Balaban J connectivity index is 2.14. The zero-order valence-corrected chi connectivity index (χ0v) is 11.9. The van der Waals surface area contributed by atoms with E-state index in [9.17, 15) is 4.79 Å². The summed E-state index contributed by atoms with van der Waals surface area (Å²) in [4.78, 5) is 14.5. The lowest BCUT2D eigenvalue weighted by Gasteiger charge is -2.47. The van der Waals surface area contributed by atoms with E-state index >= 15 is 0 Å². The minimum Gasteiger partial charge on any atom is -0.358 e. The van der Waals surface area contributed by atoms with Gasteiger partial charge in [0, 0.05) is 32.7 Å². The third-order valence-electron chi connectivity index (χ3n) is 4.70. The Morgan fingerprint density at radius 2 is 1.94 bits per heavy atom. The second-order valence-electron chi connectivity index (χ2n) is 5.95. The van der Waals surface area contributed by atoms with Crippen molar-refractivity contribution < 1.29 is 4.79 Å². The van der Waals surface area contributed by atoms with Gasteiger partial charge >= 0.3 is 0 Å². The zero-order chi connectivity index (χ0) is 13.1. The number of amides is 1. The Bertz CT molecular complexity index is 285. The van der Waals surface area contributed by atoms with Crippen molar-refractivity contribution >= 4 is 5.91 Å². The molecule has 2 rings (SSSR count). The highest BCUT2D eigenvalue weighted by Crippen LogP contribution is 2.34. The number of carbonyl (C=O) groups is 1. The first-order valence-corrected chi connectivity index (χ1v) is 7.33. The first-order chi connectivity index (χ1) is 8.65. The summed E-state index contributed by atoms with van der Waals surface area (Å²) < 4.78 is 0. The van der Waals surface area contributed by atoms with Crippen molar-refractivity contribution in [2.24, 2.45) is 11.8 Å². The average Bonchev–Trinajstić information content (AvgIpc) is 2.38. The van der Waals surface area contributed by atoms with Gasteiger partial charge in [0.2, 0.25) is 5.91 Å². The zero-order valence-electron chi connectivity index (χ0n) is 11.9. The second kappa shape index (κ2) is 6.02. The van der Waals surface area contributed by atoms with E-state index in [-0.39, 0.29) is 11.9 Å². The monoisotopic (exact) mass is 253 g/mol. The molecule has 3 atom stereocenters. The number of nitrogens with zero attached hydrogens (tertiary/aromatic N) is 1. The van der Waals surface area contributed by atoms with Gasteiger partial charge in [0.15, 0.2) is 0 Å². The molecule has 0 aromatic heterocycles. The summed E-state index contributed by atoms with van der Waals surface area (Å²) in [6.45, 7) is 7.49. The molecule has 0 aromatic carbocycles. The molecule has 4 heteroatoms. The maximum Gasteiger partial charge on any atom is 0.238 e. The van der Waals surface area contributed by atoms with Crippen LogP contribution in [0.1, 0.15) is 33.1 Å². The predicted octanol–water partition coefficient (Wildman–Crippen LogP) is 0.831. The molecule has 1 aliphatic carbocycles. The number of hydrogen-bond acceptors (Lipinski definition) is 3. The van der Waals surface area contributed by atoms with Gasteiger partial charge < -0.3 is 10.6 Å². The van der Waals surface area contributed by atoms with E-state index in [1.165, 1.54) is 19.3 Å². The van der Waals surface area contributed by atoms with E-state index in [4.69, 9.17) is 0 Å². The fraction of sp³-hybridized carbons (Fsp3) is 0.929. The van der Waals surface area contributed by atoms with E-state index in [2.05, 4.69) is 29.4 Å². The van der Waals surface area contributed by atoms with Gasteiger partial charge in [0.1, 0.15) is 6.04 Å². The molecule has 2 aliphatic rings. The molecule has 0 aromatic rings. The van der Waals surface area contributed by atoms with Gasteiger partial charge in [-0.05, 0) is 24.7 Å². The van der Waals surface area contributed by atoms with Crippen LogP contribution in [0.2, 0.25) is 0 Å². The maximum absolute atomic E-state index is 12.0. The maximum atomic E-state index is 12.0. The molecule has 1 heterocycles. The summed E-state index contributed by atoms with van der Waals surface area (Å²) in [7, 11) is 1.74. The van der Waals surface area contributed by atoms with E-state index in [0.717, 1.165) is 19.6 Å². The van der Waals surface area contributed by atoms with Crippen LogP contribution in [0.15, 0.2) is 0 Å². The van der Waals surface area contributed by atoms with Crippen LogP contribution in [-0.2, 0) is 4.79 Å². The molecule has 3 unspecified atom stereocenters. The number of piperazine rings is 1. The number of likely N-dealkylation sites (N-methyl/N-ethyl adjacent to an activating group) is 1. The van der Waals surface area contributed by atoms with Crippen LogP contribution in [0.25, 0.3) is 0 Å². The highest BCUT2D eigenvalue weighted by atomic mass is 16.2. The van der Waals surface area contributed by atoms with Gasteiger partial charge in [-0.2, -0.15) is 0 Å². The van der Waals surface area contributed by atoms with E-state index < -0.39 is 0 Å². The van der Waals surface area contributed by atoms with Gasteiger partial charge in [-0.25, -0.2) is 0 Å². The van der Waals surface area contributed by atoms with Crippen molar-refractivity contribution in [3.8, 4) is 0 Å². The molecule has 4 nitrogen and oxygen atoms in total. The van der Waals surface area contributed by atoms with Crippen LogP contribution in [0.5, 0.6) is 0 Å². The standard InChI is InChI=1S/C14H27N3O/c1-10-5-4-6-11(2)13(10)17-8-7-16-9-12(17)14(18)15-3/h10-13,16H,4-9H2,1-3H3,(H,15,18). The lowest BCUT2D eigenvalue weighted by Crippen LogP contribution is -2.63. The topological polar surface area (TPSA) is 44.4 Å². The summed E-state index contributed by atoms with van der Waals surface area (Å²) in [5, 5.41) is 6.16. The predicted molar refractivity (Wildman–Crippen MR) is 73.4 cm³/mol. The van der Waals surface area contributed by atoms with Crippen LogP contribution in [-0.4, -0.2) is 49.6 Å². The molecule has 0 spiro atoms. The van der Waals surface area contributed by atoms with Gasteiger partial charge in [-0.15, -0.1) is 0 Å². The Morgan fingerprint density at radius 3 is 2.56 bits per heavy atom. The molecule has 0 bridgehead atoms. The van der Waals surface area contributed by atoms with E-state index in [1.54, 1.807) is 7.05 Å². The summed E-state index contributed by atoms with van der Waals surface area (Å²) in [6, 6.07) is 0.583. The van der Waals surface area contributed by atoms with Crippen molar-refractivity contribution in [1.82, 2.24) is 15.5 Å². The summed E-state index contributed by atoms with van der Waals surface area (Å²) >= 11 is 0. The summed E-state index contributed by atoms with van der Waals surface area (Å²) in [5.74, 6) is 1.57. The number of rotatable bonds is 2. The Hall–Kier alpha value is -0.610. The third kappa shape index (κ3) is 2.69. The average molecular weight is 253 g/mol. The molecule has 0 radical (unpaired) electrons. The molecule has 1 saturated heterocycles. The van der Waals surface area contributed by atoms with Crippen molar-refractivity contribution in [2.45, 2.75) is 45.2 Å². The van der Waals surface area contributed by atoms with Crippen LogP contribution in [0, 0.1) is 11.8 Å². The summed E-state index contributed by atoms with van der Waals surface area (Å²) in [6.07, 6.45) is 3.95. The van der Waals surface area contributed by atoms with Crippen molar-refractivity contribution in [2.75, 3.05) is 26.7 Å². The smallest absolute Gasteiger partial charge is 0.238 e. The molecule has 1 aliphatic heterocycles. The molecular weight excluding hydrogens is 226 g/mol. The first kappa shape index (κ1) is 13.8. The van der Waals surface area contributed by atoms with E-state index in [1.807, 2.05) is 0 Å². The minimum atomic E-state index is 0.0109. The lowest BCUT2D eigenvalue weighted by molar-refractivity contribution is -0.129. The lowest BCUT2D eigenvalue weighted by atomic mass is 9.77. The fourth-order valence-electron chi connectivity index (χ4n) is 3.80. The van der Waals surface area contributed by atoms with Crippen molar-refractivity contribution in [3.05, 3.63) is 0 Å². The highest BCUT2D eigenvalue weighted by molar-refractivity contribution is 5.81. The van der Waals surface area contributed by atoms with Crippen molar-refractivity contribution in [1.29, 1.82) is 0 Å². The van der Waals surface area contributed by atoms with Crippen LogP contribution in [0.4, 0.5) is 0 Å². The SMILES string of the molecule is CNC(=O)C1CNCCN1C1C(C)CCCC1C. The molecule has 2 N–H and O–H groups in total. The van der Waals surface area contributed by atoms with Gasteiger partial charge in [-0.3, -0.25) is 9.69 Å². The Kier molecular flexibility index (Phi) is 4.62. The first-order valence-electron chi connectivity index (χ1n) is 7.33. The van der Waals surface area contributed by atoms with Gasteiger partial charge in [-0.1, -0.05) is 20.3 Å². The number of hydrogen-bond donors (Lipinski definition) is 2. The van der Waals surface area contributed by atoms with Crippen LogP contribution >= 0.6 is 0 Å². The fourth-order valence-corrected chi connectivity index (χ4v) is 3.80. The molecule has 1 saturated carbocycles. The van der Waals surface area contributed by atoms with Crippen molar-refractivity contribution in [3.63, 3.8) is 0 Å². The second-order valence-corrected chi connectivity index (χ2v) is 5.95. The Labute approximate surface area is 110 Å². The minimum absolute atomic E-state index is 0.0109. The highest BCUT2D eigenvalue weighted by Gasteiger charge is 2.39. The summed E-state index contributed by atoms with van der Waals surface area (Å²) in [5.41, 5.74) is 0. The molecule has 18 heavy (non-hydrogen) atoms.